The van der Waals surface area contributed by atoms with Crippen LogP contribution in [0.15, 0.2) is 47.6 Å². The molecule has 27 heavy (non-hydrogen) atoms. The summed E-state index contributed by atoms with van der Waals surface area (Å²) in [6.45, 7) is 1.51. The lowest BCUT2D eigenvalue weighted by Crippen LogP contribution is -2.30. The summed E-state index contributed by atoms with van der Waals surface area (Å²) >= 11 is 0. The Labute approximate surface area is 159 Å². The molecule has 1 fully saturated rings. The fourth-order valence-electron chi connectivity index (χ4n) is 3.53. The van der Waals surface area contributed by atoms with E-state index < -0.39 is 0 Å². The number of methoxy groups -OCH3 is 1. The number of carbonyl (C=O) groups excluding carboxylic acids is 2. The van der Waals surface area contributed by atoms with Crippen LogP contribution in [0.4, 0.5) is 0 Å². The molecule has 1 aromatic carbocycles. The van der Waals surface area contributed by atoms with Gasteiger partial charge >= 0.3 is 0 Å². The molecule has 142 valence electrons. The number of aromatic nitrogens is 1. The Hall–Kier alpha value is -2.69. The van der Waals surface area contributed by atoms with Gasteiger partial charge in [-0.25, -0.2) is 0 Å². The Balaban J connectivity index is 1.90. The lowest BCUT2D eigenvalue weighted by Gasteiger charge is -2.18. The van der Waals surface area contributed by atoms with Gasteiger partial charge in [-0.1, -0.05) is 25.3 Å². The predicted molar refractivity (Wildman–Crippen MR) is 104 cm³/mol. The van der Waals surface area contributed by atoms with Gasteiger partial charge in [0.15, 0.2) is 5.78 Å². The van der Waals surface area contributed by atoms with Gasteiger partial charge < -0.3 is 4.74 Å². The molecule has 0 radical (unpaired) electrons. The van der Waals surface area contributed by atoms with E-state index in [1.165, 1.54) is 26.2 Å². The Morgan fingerprint density at radius 3 is 2.63 bits per heavy atom. The van der Waals surface area contributed by atoms with E-state index >= 15 is 0 Å². The highest BCUT2D eigenvalue weighted by atomic mass is 16.5. The van der Waals surface area contributed by atoms with Crippen LogP contribution in [0, 0.1) is 0 Å². The van der Waals surface area contributed by atoms with Crippen LogP contribution in [0.1, 0.15) is 59.7 Å². The third kappa shape index (κ3) is 4.73. The van der Waals surface area contributed by atoms with E-state index in [2.05, 4.69) is 0 Å². The van der Waals surface area contributed by atoms with Crippen molar-refractivity contribution in [3.63, 3.8) is 0 Å². The first kappa shape index (κ1) is 19.1. The standard InChI is InChI=1S/C22H26N2O3/c1-16(25)17-11-12-20(27-2)18(14-17)15-22(26)24-13-7-6-10-21(24)23-19-8-4-3-5-9-19/h6-7,10-14,19H,3-5,8-9,15H2,1-2H3. The second-order valence-electron chi connectivity index (χ2n) is 7.00. The zero-order valence-corrected chi connectivity index (χ0v) is 16.0. The maximum Gasteiger partial charge on any atom is 0.236 e. The van der Waals surface area contributed by atoms with Crippen molar-refractivity contribution in [3.05, 3.63) is 59.2 Å². The average Bonchev–Trinajstić information content (AvgIpc) is 2.69. The Kier molecular flexibility index (Phi) is 6.22. The molecule has 3 rings (SSSR count). The van der Waals surface area contributed by atoms with Crippen molar-refractivity contribution in [1.29, 1.82) is 0 Å². The van der Waals surface area contributed by atoms with Gasteiger partial charge in [0.25, 0.3) is 0 Å². The van der Waals surface area contributed by atoms with Gasteiger partial charge in [-0.15, -0.1) is 0 Å². The smallest absolute Gasteiger partial charge is 0.236 e. The van der Waals surface area contributed by atoms with Gasteiger partial charge in [0.2, 0.25) is 5.91 Å². The van der Waals surface area contributed by atoms with Crippen LogP contribution in [0.3, 0.4) is 0 Å². The largest absolute Gasteiger partial charge is 0.496 e. The van der Waals surface area contributed by atoms with E-state index in [1.807, 2.05) is 18.2 Å². The van der Waals surface area contributed by atoms with Crippen molar-refractivity contribution >= 4 is 11.7 Å². The fourth-order valence-corrected chi connectivity index (χ4v) is 3.53. The number of ketones is 1. The summed E-state index contributed by atoms with van der Waals surface area (Å²) in [6.07, 6.45) is 7.73. The molecule has 1 heterocycles. The zero-order chi connectivity index (χ0) is 19.2. The quantitative estimate of drug-likeness (QED) is 0.756. The number of hydrogen-bond donors (Lipinski definition) is 0. The highest BCUT2D eigenvalue weighted by Gasteiger charge is 2.15. The summed E-state index contributed by atoms with van der Waals surface area (Å²) < 4.78 is 6.98. The molecule has 0 unspecified atom stereocenters. The molecular formula is C22H26N2O3. The first-order valence-corrected chi connectivity index (χ1v) is 9.51. The second kappa shape index (κ2) is 8.80. The topological polar surface area (TPSA) is 60.7 Å². The molecule has 1 aliphatic rings. The van der Waals surface area contributed by atoms with Gasteiger partial charge in [0.1, 0.15) is 11.2 Å². The van der Waals surface area contributed by atoms with E-state index in [9.17, 15) is 9.59 Å². The number of nitrogens with zero attached hydrogens (tertiary/aromatic N) is 2. The molecule has 1 saturated carbocycles. The van der Waals surface area contributed by atoms with Crippen molar-refractivity contribution in [3.8, 4) is 5.75 Å². The number of rotatable bonds is 5. The van der Waals surface area contributed by atoms with E-state index in [0.717, 1.165) is 12.8 Å². The number of ether oxygens (including phenoxy) is 1. The van der Waals surface area contributed by atoms with Crippen LogP contribution in [0.2, 0.25) is 0 Å². The normalized spacial score (nSPS) is 15.6. The third-order valence-corrected chi connectivity index (χ3v) is 5.03. The van der Waals surface area contributed by atoms with Crippen LogP contribution in [0.25, 0.3) is 0 Å². The SMILES string of the molecule is COc1ccc(C(C)=O)cc1CC(=O)n1ccccc1=NC1CCCCC1. The summed E-state index contributed by atoms with van der Waals surface area (Å²) in [5.74, 6) is 0.478. The minimum absolute atomic E-state index is 0.0355. The van der Waals surface area contributed by atoms with Crippen molar-refractivity contribution in [2.45, 2.75) is 51.5 Å². The Morgan fingerprint density at radius 2 is 1.93 bits per heavy atom. The lowest BCUT2D eigenvalue weighted by molar-refractivity contribution is 0.0906. The first-order valence-electron chi connectivity index (χ1n) is 9.51. The molecule has 0 spiro atoms. The van der Waals surface area contributed by atoms with Crippen LogP contribution in [-0.4, -0.2) is 29.4 Å². The number of pyridine rings is 1. The molecule has 1 aromatic heterocycles. The van der Waals surface area contributed by atoms with Crippen LogP contribution in [0.5, 0.6) is 5.75 Å². The monoisotopic (exact) mass is 366 g/mol. The van der Waals surface area contributed by atoms with Gasteiger partial charge in [-0.2, -0.15) is 0 Å². The minimum atomic E-state index is -0.0934. The molecule has 0 bridgehead atoms. The summed E-state index contributed by atoms with van der Waals surface area (Å²) in [5.41, 5.74) is 1.97. The van der Waals surface area contributed by atoms with E-state index in [4.69, 9.17) is 9.73 Å². The molecule has 0 aliphatic heterocycles. The van der Waals surface area contributed by atoms with Gasteiger partial charge in [-0.05, 0) is 50.1 Å². The lowest BCUT2D eigenvalue weighted by atomic mass is 9.96. The van der Waals surface area contributed by atoms with E-state index in [1.54, 1.807) is 36.1 Å². The van der Waals surface area contributed by atoms with Crippen molar-refractivity contribution < 1.29 is 14.3 Å². The van der Waals surface area contributed by atoms with Gasteiger partial charge in [-0.3, -0.25) is 19.1 Å². The summed E-state index contributed by atoms with van der Waals surface area (Å²) in [5, 5.41) is 0. The van der Waals surface area contributed by atoms with Gasteiger partial charge in [0.05, 0.1) is 19.6 Å². The van der Waals surface area contributed by atoms with Crippen molar-refractivity contribution in [2.24, 2.45) is 4.99 Å². The fraction of sp³-hybridized carbons (Fsp3) is 0.409. The summed E-state index contributed by atoms with van der Waals surface area (Å²) in [4.78, 5) is 29.5. The summed E-state index contributed by atoms with van der Waals surface area (Å²) in [6, 6.07) is 11.1. The molecule has 0 amide bonds. The maximum atomic E-state index is 13.0. The van der Waals surface area contributed by atoms with Gasteiger partial charge in [0, 0.05) is 17.3 Å². The molecule has 1 aliphatic carbocycles. The number of hydrogen-bond acceptors (Lipinski definition) is 4. The molecule has 5 heteroatoms. The van der Waals surface area contributed by atoms with Crippen LogP contribution >= 0.6 is 0 Å². The molecule has 0 saturated heterocycles. The number of carbonyl (C=O) groups is 2. The second-order valence-corrected chi connectivity index (χ2v) is 7.00. The van der Waals surface area contributed by atoms with E-state index in [-0.39, 0.29) is 24.2 Å². The zero-order valence-electron chi connectivity index (χ0n) is 16.0. The van der Waals surface area contributed by atoms with Crippen LogP contribution < -0.4 is 10.2 Å². The maximum absolute atomic E-state index is 13.0. The first-order chi connectivity index (χ1) is 13.1. The van der Waals surface area contributed by atoms with Crippen molar-refractivity contribution in [2.75, 3.05) is 7.11 Å². The average molecular weight is 366 g/mol. The molecule has 0 atom stereocenters. The molecule has 2 aromatic rings. The van der Waals surface area contributed by atoms with Crippen molar-refractivity contribution in [1.82, 2.24) is 4.57 Å². The van der Waals surface area contributed by atoms with E-state index in [0.29, 0.717) is 22.4 Å². The molecular weight excluding hydrogens is 340 g/mol. The Morgan fingerprint density at radius 1 is 1.15 bits per heavy atom. The summed E-state index contributed by atoms with van der Waals surface area (Å²) in [7, 11) is 1.57. The molecule has 5 nitrogen and oxygen atoms in total. The Bertz CT molecular complexity index is 892. The predicted octanol–water partition coefficient (Wildman–Crippen LogP) is 3.82. The highest BCUT2D eigenvalue weighted by molar-refractivity contribution is 5.94. The number of benzene rings is 1. The molecule has 0 N–H and O–H groups in total. The minimum Gasteiger partial charge on any atom is -0.496 e. The highest BCUT2D eigenvalue weighted by Crippen LogP contribution is 2.22. The third-order valence-electron chi connectivity index (χ3n) is 5.03. The van der Waals surface area contributed by atoms with Crippen LogP contribution in [-0.2, 0) is 6.42 Å². The number of Topliss-reactive ketones (excluding diaryl/α,β-unsaturated/α-hetero) is 1.